The van der Waals surface area contributed by atoms with Crippen molar-refractivity contribution >= 4 is 27.5 Å². The van der Waals surface area contributed by atoms with Crippen LogP contribution in [0.5, 0.6) is 5.75 Å². The third-order valence-electron chi connectivity index (χ3n) is 2.41. The average molecular weight is 332 g/mol. The summed E-state index contributed by atoms with van der Waals surface area (Å²) in [5, 5.41) is 11.2. The van der Waals surface area contributed by atoms with E-state index in [0.29, 0.717) is 21.6 Å². The molecule has 0 saturated carbocycles. The molecule has 5 nitrogen and oxygen atoms in total. The first-order valence-electron chi connectivity index (χ1n) is 5.72. The fraction of sp³-hybridized carbons (Fsp3) is 0.0714. The molecule has 1 heterocycles. The normalized spacial score (nSPS) is 9.60. The van der Waals surface area contributed by atoms with Gasteiger partial charge in [0.25, 0.3) is 5.91 Å². The number of rotatable bonds is 4. The van der Waals surface area contributed by atoms with Crippen LogP contribution in [0, 0.1) is 11.3 Å². The summed E-state index contributed by atoms with van der Waals surface area (Å²) in [5.41, 5.74) is 1.11. The molecule has 0 spiro atoms. The Morgan fingerprint density at radius 2 is 2.05 bits per heavy atom. The number of amides is 1. The number of carbonyl (C=O) groups excluding carboxylic acids is 1. The molecule has 0 bridgehead atoms. The van der Waals surface area contributed by atoms with E-state index in [1.165, 1.54) is 6.20 Å². The molecule has 1 aromatic heterocycles. The third kappa shape index (κ3) is 3.80. The van der Waals surface area contributed by atoms with Crippen molar-refractivity contribution in [3.63, 3.8) is 0 Å². The number of ether oxygens (including phenoxy) is 1. The van der Waals surface area contributed by atoms with Crippen molar-refractivity contribution in [2.24, 2.45) is 0 Å². The number of benzene rings is 1. The van der Waals surface area contributed by atoms with E-state index in [1.54, 1.807) is 36.4 Å². The maximum atomic E-state index is 11.9. The minimum absolute atomic E-state index is 0.00370. The van der Waals surface area contributed by atoms with Gasteiger partial charge in [-0.15, -0.1) is 0 Å². The minimum Gasteiger partial charge on any atom is -0.479 e. The number of nitrogens with one attached hydrogen (secondary N) is 1. The number of aromatic nitrogens is 1. The van der Waals surface area contributed by atoms with Crippen LogP contribution in [-0.2, 0) is 0 Å². The molecule has 0 atom stereocenters. The minimum atomic E-state index is -0.240. The van der Waals surface area contributed by atoms with E-state index in [2.05, 4.69) is 26.2 Å². The molecular formula is C14H10BrN3O2. The topological polar surface area (TPSA) is 75.0 Å². The Bertz CT molecular complexity index is 633. The predicted molar refractivity (Wildman–Crippen MR) is 77.4 cm³/mol. The zero-order valence-corrected chi connectivity index (χ0v) is 11.9. The SMILES string of the molecule is N#CCOc1ccc(NC(=O)c2ccc(Br)nc2)cc1. The Morgan fingerprint density at radius 3 is 2.65 bits per heavy atom. The number of carbonyl (C=O) groups is 1. The van der Waals surface area contributed by atoms with Crippen molar-refractivity contribution in [3.05, 3.63) is 52.8 Å². The van der Waals surface area contributed by atoms with Crippen molar-refractivity contribution in [3.8, 4) is 11.8 Å². The Morgan fingerprint density at radius 1 is 1.30 bits per heavy atom. The fourth-order valence-electron chi connectivity index (χ4n) is 1.46. The third-order valence-corrected chi connectivity index (χ3v) is 2.87. The first kappa shape index (κ1) is 14.0. The predicted octanol–water partition coefficient (Wildman–Crippen LogP) is 3.00. The first-order valence-corrected chi connectivity index (χ1v) is 6.51. The number of nitrogens with zero attached hydrogens (tertiary/aromatic N) is 2. The van der Waals surface area contributed by atoms with Crippen molar-refractivity contribution in [2.75, 3.05) is 11.9 Å². The molecule has 0 fully saturated rings. The largest absolute Gasteiger partial charge is 0.479 e. The van der Waals surface area contributed by atoms with Crippen LogP contribution in [0.4, 0.5) is 5.69 Å². The fourth-order valence-corrected chi connectivity index (χ4v) is 1.70. The summed E-state index contributed by atoms with van der Waals surface area (Å²) in [6.07, 6.45) is 1.49. The van der Waals surface area contributed by atoms with E-state index < -0.39 is 0 Å². The summed E-state index contributed by atoms with van der Waals surface area (Å²) in [5.74, 6) is 0.338. The maximum Gasteiger partial charge on any atom is 0.257 e. The van der Waals surface area contributed by atoms with Crippen LogP contribution >= 0.6 is 15.9 Å². The van der Waals surface area contributed by atoms with E-state index in [-0.39, 0.29) is 12.5 Å². The van der Waals surface area contributed by atoms with Gasteiger partial charge in [-0.3, -0.25) is 4.79 Å². The van der Waals surface area contributed by atoms with Gasteiger partial charge in [0.1, 0.15) is 16.4 Å². The van der Waals surface area contributed by atoms with Gasteiger partial charge in [-0.05, 0) is 52.3 Å². The smallest absolute Gasteiger partial charge is 0.257 e. The second-order valence-corrected chi connectivity index (χ2v) is 4.61. The van der Waals surface area contributed by atoms with Crippen LogP contribution in [0.1, 0.15) is 10.4 Å². The number of halogens is 1. The highest BCUT2D eigenvalue weighted by atomic mass is 79.9. The summed E-state index contributed by atoms with van der Waals surface area (Å²) in [4.78, 5) is 15.9. The Hall–Kier alpha value is -2.39. The lowest BCUT2D eigenvalue weighted by atomic mass is 10.2. The van der Waals surface area contributed by atoms with Gasteiger partial charge < -0.3 is 10.1 Å². The van der Waals surface area contributed by atoms with Gasteiger partial charge in [-0.1, -0.05) is 0 Å². The zero-order chi connectivity index (χ0) is 14.4. The Balaban J connectivity index is 2.01. The highest BCUT2D eigenvalue weighted by molar-refractivity contribution is 9.10. The molecule has 100 valence electrons. The molecule has 6 heteroatoms. The van der Waals surface area contributed by atoms with Crippen molar-refractivity contribution < 1.29 is 9.53 Å². The summed E-state index contributed by atoms with van der Waals surface area (Å²) in [6.45, 7) is -0.00370. The van der Waals surface area contributed by atoms with Crippen LogP contribution in [0.3, 0.4) is 0 Å². The second-order valence-electron chi connectivity index (χ2n) is 3.79. The summed E-state index contributed by atoms with van der Waals surface area (Å²) < 4.78 is 5.80. The standard InChI is InChI=1S/C14H10BrN3O2/c15-13-6-1-10(9-17-13)14(19)18-11-2-4-12(5-3-11)20-8-7-16/h1-6,9H,8H2,(H,18,19). The Labute approximate surface area is 124 Å². The molecular weight excluding hydrogens is 322 g/mol. The van der Waals surface area contributed by atoms with E-state index >= 15 is 0 Å². The molecule has 2 rings (SSSR count). The lowest BCUT2D eigenvalue weighted by Crippen LogP contribution is -2.12. The quantitative estimate of drug-likeness (QED) is 0.874. The van der Waals surface area contributed by atoms with Crippen molar-refractivity contribution in [1.82, 2.24) is 4.98 Å². The van der Waals surface area contributed by atoms with Gasteiger partial charge in [0.2, 0.25) is 0 Å². The zero-order valence-electron chi connectivity index (χ0n) is 10.3. The van der Waals surface area contributed by atoms with E-state index in [9.17, 15) is 4.79 Å². The Kier molecular flexibility index (Phi) is 4.69. The lowest BCUT2D eigenvalue weighted by Gasteiger charge is -2.06. The average Bonchev–Trinajstić information content (AvgIpc) is 2.47. The summed E-state index contributed by atoms with van der Waals surface area (Å²) in [7, 11) is 0. The molecule has 1 N–H and O–H groups in total. The molecule has 0 radical (unpaired) electrons. The first-order chi connectivity index (χ1) is 9.69. The van der Waals surface area contributed by atoms with Crippen LogP contribution < -0.4 is 10.1 Å². The number of anilines is 1. The number of hydrogen-bond acceptors (Lipinski definition) is 4. The molecule has 0 saturated heterocycles. The van der Waals surface area contributed by atoms with E-state index in [0.717, 1.165) is 0 Å². The molecule has 0 aliphatic carbocycles. The highest BCUT2D eigenvalue weighted by Gasteiger charge is 2.06. The van der Waals surface area contributed by atoms with Crippen molar-refractivity contribution in [1.29, 1.82) is 5.26 Å². The number of hydrogen-bond donors (Lipinski definition) is 1. The number of pyridine rings is 1. The highest BCUT2D eigenvalue weighted by Crippen LogP contribution is 2.16. The molecule has 0 aliphatic rings. The maximum absolute atomic E-state index is 11.9. The van der Waals surface area contributed by atoms with E-state index in [4.69, 9.17) is 10.00 Å². The molecule has 0 aliphatic heterocycles. The van der Waals surface area contributed by atoms with Gasteiger partial charge in [-0.25, -0.2) is 4.98 Å². The van der Waals surface area contributed by atoms with Gasteiger partial charge in [-0.2, -0.15) is 5.26 Å². The second kappa shape index (κ2) is 6.68. The number of nitriles is 1. The van der Waals surface area contributed by atoms with Crippen LogP contribution in [0.2, 0.25) is 0 Å². The molecule has 1 amide bonds. The molecule has 2 aromatic rings. The van der Waals surface area contributed by atoms with Crippen LogP contribution in [-0.4, -0.2) is 17.5 Å². The summed E-state index contributed by atoms with van der Waals surface area (Å²) >= 11 is 3.21. The van der Waals surface area contributed by atoms with Crippen LogP contribution in [0.25, 0.3) is 0 Å². The lowest BCUT2D eigenvalue weighted by molar-refractivity contribution is 0.102. The van der Waals surface area contributed by atoms with Crippen molar-refractivity contribution in [2.45, 2.75) is 0 Å². The van der Waals surface area contributed by atoms with Gasteiger partial charge in [0.15, 0.2) is 6.61 Å². The molecule has 0 unspecified atom stereocenters. The van der Waals surface area contributed by atoms with E-state index in [1.807, 2.05) is 6.07 Å². The monoisotopic (exact) mass is 331 g/mol. The molecule has 20 heavy (non-hydrogen) atoms. The molecule has 1 aromatic carbocycles. The summed E-state index contributed by atoms with van der Waals surface area (Å²) in [6, 6.07) is 12.1. The van der Waals surface area contributed by atoms with Crippen LogP contribution in [0.15, 0.2) is 47.2 Å². The van der Waals surface area contributed by atoms with Gasteiger partial charge in [0, 0.05) is 11.9 Å². The van der Waals surface area contributed by atoms with Gasteiger partial charge in [0.05, 0.1) is 5.56 Å². The van der Waals surface area contributed by atoms with Gasteiger partial charge >= 0.3 is 0 Å².